The molecule has 1 aromatic carbocycles. The molecular formula is C22H23N7O2. The molecule has 2 N–H and O–H groups in total. The highest BCUT2D eigenvalue weighted by molar-refractivity contribution is 6.06. The minimum Gasteiger partial charge on any atom is -0.378 e. The zero-order valence-electron chi connectivity index (χ0n) is 17.0. The molecule has 9 heteroatoms. The second-order valence-corrected chi connectivity index (χ2v) is 7.62. The smallest absolute Gasteiger partial charge is 0.278 e. The summed E-state index contributed by atoms with van der Waals surface area (Å²) in [6, 6.07) is 7.82. The summed E-state index contributed by atoms with van der Waals surface area (Å²) in [7, 11) is 0. The summed E-state index contributed by atoms with van der Waals surface area (Å²) in [5.74, 6) is 0.451. The maximum atomic E-state index is 13.2. The average molecular weight is 417 g/mol. The van der Waals surface area contributed by atoms with Crippen molar-refractivity contribution in [3.63, 3.8) is 0 Å². The molecule has 0 bridgehead atoms. The van der Waals surface area contributed by atoms with Crippen molar-refractivity contribution in [1.29, 1.82) is 0 Å². The van der Waals surface area contributed by atoms with Gasteiger partial charge in [-0.3, -0.25) is 4.79 Å². The van der Waals surface area contributed by atoms with E-state index >= 15 is 0 Å². The predicted molar refractivity (Wildman–Crippen MR) is 117 cm³/mol. The topological polar surface area (TPSA) is 105 Å². The van der Waals surface area contributed by atoms with Gasteiger partial charge in [0, 0.05) is 30.4 Å². The van der Waals surface area contributed by atoms with Crippen LogP contribution in [0.5, 0.6) is 0 Å². The van der Waals surface area contributed by atoms with Crippen molar-refractivity contribution in [1.82, 2.24) is 19.9 Å². The van der Waals surface area contributed by atoms with Gasteiger partial charge in [0.2, 0.25) is 0 Å². The van der Waals surface area contributed by atoms with Crippen LogP contribution >= 0.6 is 0 Å². The van der Waals surface area contributed by atoms with Crippen LogP contribution in [0.1, 0.15) is 34.9 Å². The van der Waals surface area contributed by atoms with Gasteiger partial charge in [0.15, 0.2) is 11.5 Å². The number of carbonyl (C=O) groups excluding carboxylic acids is 1. The van der Waals surface area contributed by atoms with Crippen molar-refractivity contribution in [3.05, 3.63) is 60.6 Å². The molecule has 3 heterocycles. The number of ether oxygens (including phenoxy) is 1. The van der Waals surface area contributed by atoms with E-state index in [1.165, 1.54) is 6.33 Å². The normalized spacial score (nSPS) is 16.1. The van der Waals surface area contributed by atoms with Gasteiger partial charge >= 0.3 is 0 Å². The number of amides is 1. The fourth-order valence-corrected chi connectivity index (χ4v) is 3.52. The highest BCUT2D eigenvalue weighted by atomic mass is 16.5. The van der Waals surface area contributed by atoms with Crippen LogP contribution in [-0.2, 0) is 4.74 Å². The maximum Gasteiger partial charge on any atom is 0.278 e. The zero-order valence-corrected chi connectivity index (χ0v) is 17.0. The van der Waals surface area contributed by atoms with Crippen LogP contribution in [0.2, 0.25) is 0 Å². The van der Waals surface area contributed by atoms with Crippen LogP contribution in [-0.4, -0.2) is 52.1 Å². The molecule has 2 aromatic heterocycles. The summed E-state index contributed by atoms with van der Waals surface area (Å²) < 4.78 is 5.43. The first-order chi connectivity index (χ1) is 15.3. The fourth-order valence-electron chi connectivity index (χ4n) is 3.52. The highest BCUT2D eigenvalue weighted by Gasteiger charge is 2.28. The third kappa shape index (κ3) is 4.61. The molecule has 0 unspecified atom stereocenters. The van der Waals surface area contributed by atoms with Crippen LogP contribution in [0.15, 0.2) is 49.2 Å². The minimum absolute atomic E-state index is 0.255. The molecule has 2 aliphatic rings. The summed E-state index contributed by atoms with van der Waals surface area (Å²) >= 11 is 0. The SMILES string of the molecule is O=C(Nc1cccc(N2CCOCC2)c1)c1nc(C2CC2)cnc1Nc1cncnc1. The van der Waals surface area contributed by atoms with Gasteiger partial charge in [0.05, 0.1) is 43.2 Å². The standard InChI is InChI=1S/C22H23N7O2/c30-22(27-16-2-1-3-18(10-16)29-6-8-31-9-7-29)20-21(26-17-11-23-14-24-12-17)25-13-19(28-20)15-4-5-15/h1-3,10-15H,4-9H2,(H,25,26)(H,27,30). The number of rotatable bonds is 6. The van der Waals surface area contributed by atoms with Crippen molar-refractivity contribution < 1.29 is 9.53 Å². The lowest BCUT2D eigenvalue weighted by Gasteiger charge is -2.29. The monoisotopic (exact) mass is 417 g/mol. The molecule has 0 atom stereocenters. The Kier molecular flexibility index (Phi) is 5.40. The second kappa shape index (κ2) is 8.65. The van der Waals surface area contributed by atoms with E-state index in [9.17, 15) is 4.79 Å². The van der Waals surface area contributed by atoms with Gasteiger partial charge in [-0.1, -0.05) is 6.07 Å². The van der Waals surface area contributed by atoms with Gasteiger partial charge in [0.1, 0.15) is 6.33 Å². The molecule has 0 radical (unpaired) electrons. The lowest BCUT2D eigenvalue weighted by Crippen LogP contribution is -2.36. The quantitative estimate of drug-likeness (QED) is 0.631. The number of anilines is 4. The van der Waals surface area contributed by atoms with E-state index in [0.29, 0.717) is 36.3 Å². The van der Waals surface area contributed by atoms with Gasteiger partial charge in [-0.05, 0) is 31.0 Å². The van der Waals surface area contributed by atoms with Crippen LogP contribution in [0.4, 0.5) is 22.9 Å². The first-order valence-electron chi connectivity index (χ1n) is 10.4. The summed E-state index contributed by atoms with van der Waals surface area (Å²) in [4.78, 5) is 32.5. The van der Waals surface area contributed by atoms with Crippen LogP contribution in [0, 0.1) is 0 Å². The number of nitrogens with one attached hydrogen (secondary N) is 2. The van der Waals surface area contributed by atoms with E-state index < -0.39 is 0 Å². The van der Waals surface area contributed by atoms with E-state index in [0.717, 1.165) is 37.3 Å². The van der Waals surface area contributed by atoms with Crippen LogP contribution in [0.25, 0.3) is 0 Å². The molecule has 1 amide bonds. The molecule has 1 saturated heterocycles. The summed E-state index contributed by atoms with van der Waals surface area (Å²) in [5.41, 5.74) is 3.51. The maximum absolute atomic E-state index is 13.2. The molecule has 1 aliphatic heterocycles. The van der Waals surface area contributed by atoms with Crippen LogP contribution < -0.4 is 15.5 Å². The molecule has 158 valence electrons. The molecule has 2 fully saturated rings. The Balaban J connectivity index is 1.39. The Morgan fingerprint density at radius 1 is 1.06 bits per heavy atom. The molecule has 1 saturated carbocycles. The molecule has 1 aliphatic carbocycles. The van der Waals surface area contributed by atoms with E-state index in [1.54, 1.807) is 18.6 Å². The first-order valence-corrected chi connectivity index (χ1v) is 10.4. The van der Waals surface area contributed by atoms with Crippen molar-refractivity contribution in [2.75, 3.05) is 41.8 Å². The molecule has 0 spiro atoms. The van der Waals surface area contributed by atoms with Gasteiger partial charge in [0.25, 0.3) is 5.91 Å². The number of carbonyl (C=O) groups is 1. The van der Waals surface area contributed by atoms with Gasteiger partial charge in [-0.2, -0.15) is 0 Å². The fraction of sp³-hybridized carbons (Fsp3) is 0.318. The van der Waals surface area contributed by atoms with Crippen molar-refractivity contribution in [3.8, 4) is 0 Å². The molecule has 5 rings (SSSR count). The number of hydrogen-bond acceptors (Lipinski definition) is 8. The lowest BCUT2D eigenvalue weighted by molar-refractivity contribution is 0.102. The number of aromatic nitrogens is 4. The Morgan fingerprint density at radius 3 is 2.65 bits per heavy atom. The molecular weight excluding hydrogens is 394 g/mol. The molecule has 9 nitrogen and oxygen atoms in total. The Bertz CT molecular complexity index is 1070. The van der Waals surface area contributed by atoms with Gasteiger partial charge in [-0.25, -0.2) is 19.9 Å². The number of hydrogen-bond donors (Lipinski definition) is 2. The van der Waals surface area contributed by atoms with Crippen molar-refractivity contribution in [2.45, 2.75) is 18.8 Å². The minimum atomic E-state index is -0.312. The Morgan fingerprint density at radius 2 is 1.87 bits per heavy atom. The Labute approximate surface area is 179 Å². The summed E-state index contributed by atoms with van der Waals surface area (Å²) in [6.07, 6.45) is 8.59. The van der Waals surface area contributed by atoms with Crippen molar-refractivity contribution in [2.24, 2.45) is 0 Å². The summed E-state index contributed by atoms with van der Waals surface area (Å²) in [5, 5.41) is 6.09. The largest absolute Gasteiger partial charge is 0.378 e. The third-order valence-electron chi connectivity index (χ3n) is 5.31. The highest BCUT2D eigenvalue weighted by Crippen LogP contribution is 2.39. The van der Waals surface area contributed by atoms with E-state index in [4.69, 9.17) is 4.74 Å². The third-order valence-corrected chi connectivity index (χ3v) is 5.31. The second-order valence-electron chi connectivity index (χ2n) is 7.62. The number of benzene rings is 1. The van der Waals surface area contributed by atoms with Crippen LogP contribution in [0.3, 0.4) is 0 Å². The zero-order chi connectivity index (χ0) is 21.0. The average Bonchev–Trinajstić information content (AvgIpc) is 3.66. The van der Waals surface area contributed by atoms with Gasteiger partial charge in [-0.15, -0.1) is 0 Å². The Hall–Kier alpha value is -3.59. The molecule has 3 aromatic rings. The first kappa shape index (κ1) is 19.4. The number of nitrogens with zero attached hydrogens (tertiary/aromatic N) is 5. The van der Waals surface area contributed by atoms with Gasteiger partial charge < -0.3 is 20.3 Å². The number of morpholine rings is 1. The van der Waals surface area contributed by atoms with E-state index in [1.807, 2.05) is 24.3 Å². The van der Waals surface area contributed by atoms with E-state index in [2.05, 4.69) is 35.5 Å². The van der Waals surface area contributed by atoms with Crippen molar-refractivity contribution >= 4 is 28.8 Å². The summed E-state index contributed by atoms with van der Waals surface area (Å²) in [6.45, 7) is 3.08. The molecule has 31 heavy (non-hydrogen) atoms. The van der Waals surface area contributed by atoms with E-state index in [-0.39, 0.29) is 11.6 Å². The predicted octanol–water partition coefficient (Wildman–Crippen LogP) is 2.98. The lowest BCUT2D eigenvalue weighted by atomic mass is 10.2.